The zero-order valence-electron chi connectivity index (χ0n) is 18.7. The summed E-state index contributed by atoms with van der Waals surface area (Å²) in [6.45, 7) is 4.34. The van der Waals surface area contributed by atoms with Crippen LogP contribution in [0.3, 0.4) is 0 Å². The maximum absolute atomic E-state index is 6.01. The molecule has 33 heavy (non-hydrogen) atoms. The lowest BCUT2D eigenvalue weighted by Gasteiger charge is -2.26. The van der Waals surface area contributed by atoms with Gasteiger partial charge in [0.05, 0.1) is 22.7 Å². The minimum Gasteiger partial charge on any atom is -0.455 e. The third-order valence-electron chi connectivity index (χ3n) is 5.81. The third kappa shape index (κ3) is 4.50. The van der Waals surface area contributed by atoms with Crippen LogP contribution < -0.4 is 32.4 Å². The number of hydrogen-bond acceptors (Lipinski definition) is 6. The highest BCUT2D eigenvalue weighted by Crippen LogP contribution is 2.37. The van der Waals surface area contributed by atoms with Gasteiger partial charge in [-0.25, -0.2) is 0 Å². The highest BCUT2D eigenvalue weighted by atomic mass is 16.5. The number of hydrogen-bond donors (Lipinski definition) is 4. The first-order chi connectivity index (χ1) is 15.8. The summed E-state index contributed by atoms with van der Waals surface area (Å²) in [5.74, 6) is 2.46. The van der Waals surface area contributed by atoms with Gasteiger partial charge in [0, 0.05) is 5.41 Å². The number of benzene rings is 4. The smallest absolute Gasteiger partial charge is 0.152 e. The van der Waals surface area contributed by atoms with Gasteiger partial charge in [-0.15, -0.1) is 0 Å². The van der Waals surface area contributed by atoms with Crippen molar-refractivity contribution in [1.82, 2.24) is 0 Å². The SMILES string of the molecule is CC(C)(c1ccc(Oc2cccc(N)c2N)cc1)c1ccc(Oc2cccc(N)c2N)cc1. The number of nitrogens with two attached hydrogens (primary N) is 4. The summed E-state index contributed by atoms with van der Waals surface area (Å²) in [6, 6.07) is 26.6. The Hall–Kier alpha value is -4.32. The molecule has 0 heterocycles. The van der Waals surface area contributed by atoms with Crippen molar-refractivity contribution in [1.29, 1.82) is 0 Å². The van der Waals surface area contributed by atoms with Gasteiger partial charge in [0.25, 0.3) is 0 Å². The Morgan fingerprint density at radius 1 is 0.515 bits per heavy atom. The van der Waals surface area contributed by atoms with Gasteiger partial charge >= 0.3 is 0 Å². The summed E-state index contributed by atoms with van der Waals surface area (Å²) >= 11 is 0. The Kier molecular flexibility index (Phi) is 5.75. The van der Waals surface area contributed by atoms with E-state index in [1.807, 2.05) is 36.4 Å². The number of anilines is 4. The lowest BCUT2D eigenvalue weighted by molar-refractivity contribution is 0.484. The molecule has 168 valence electrons. The Morgan fingerprint density at radius 2 is 0.879 bits per heavy atom. The van der Waals surface area contributed by atoms with E-state index >= 15 is 0 Å². The van der Waals surface area contributed by atoms with Crippen LogP contribution in [0.2, 0.25) is 0 Å². The summed E-state index contributed by atoms with van der Waals surface area (Å²) < 4.78 is 11.8. The minimum atomic E-state index is -0.233. The van der Waals surface area contributed by atoms with E-state index in [9.17, 15) is 0 Å². The van der Waals surface area contributed by atoms with Gasteiger partial charge in [-0.2, -0.15) is 0 Å². The largest absolute Gasteiger partial charge is 0.455 e. The van der Waals surface area contributed by atoms with Crippen LogP contribution >= 0.6 is 0 Å². The Morgan fingerprint density at radius 3 is 1.24 bits per heavy atom. The molecule has 6 nitrogen and oxygen atoms in total. The normalized spacial score (nSPS) is 11.2. The molecule has 4 rings (SSSR count). The summed E-state index contributed by atoms with van der Waals surface area (Å²) in [4.78, 5) is 0. The maximum atomic E-state index is 6.01. The van der Waals surface area contributed by atoms with Crippen molar-refractivity contribution in [3.63, 3.8) is 0 Å². The fourth-order valence-corrected chi connectivity index (χ4v) is 3.60. The van der Waals surface area contributed by atoms with E-state index in [-0.39, 0.29) is 5.41 Å². The molecule has 8 N–H and O–H groups in total. The molecule has 0 aliphatic heterocycles. The van der Waals surface area contributed by atoms with E-state index in [2.05, 4.69) is 38.1 Å². The van der Waals surface area contributed by atoms with E-state index in [0.29, 0.717) is 45.7 Å². The number of rotatable bonds is 6. The van der Waals surface area contributed by atoms with Gasteiger partial charge in [-0.05, 0) is 59.7 Å². The average molecular weight is 441 g/mol. The van der Waals surface area contributed by atoms with Crippen molar-refractivity contribution in [2.24, 2.45) is 0 Å². The van der Waals surface area contributed by atoms with Crippen molar-refractivity contribution in [2.45, 2.75) is 19.3 Å². The van der Waals surface area contributed by atoms with Crippen LogP contribution in [0.4, 0.5) is 22.7 Å². The molecule has 0 amide bonds. The van der Waals surface area contributed by atoms with Crippen molar-refractivity contribution in [3.05, 3.63) is 96.1 Å². The molecule has 0 bridgehead atoms. The lowest BCUT2D eigenvalue weighted by atomic mass is 9.78. The Bertz CT molecular complexity index is 1170. The molecule has 0 saturated heterocycles. The predicted octanol–water partition coefficient (Wildman–Crippen LogP) is 5.93. The second kappa shape index (κ2) is 8.67. The number of para-hydroxylation sites is 2. The van der Waals surface area contributed by atoms with E-state index in [4.69, 9.17) is 32.4 Å². The molecule has 0 fully saturated rings. The third-order valence-corrected chi connectivity index (χ3v) is 5.81. The highest BCUT2D eigenvalue weighted by Gasteiger charge is 2.23. The topological polar surface area (TPSA) is 123 Å². The molecule has 0 unspecified atom stereocenters. The van der Waals surface area contributed by atoms with Gasteiger partial charge in [-0.3, -0.25) is 0 Å². The highest BCUT2D eigenvalue weighted by molar-refractivity contribution is 5.71. The van der Waals surface area contributed by atoms with Gasteiger partial charge in [0.1, 0.15) is 11.5 Å². The minimum absolute atomic E-state index is 0.233. The van der Waals surface area contributed by atoms with Crippen LogP contribution in [-0.2, 0) is 5.41 Å². The van der Waals surface area contributed by atoms with Crippen LogP contribution in [-0.4, -0.2) is 0 Å². The van der Waals surface area contributed by atoms with Crippen molar-refractivity contribution in [2.75, 3.05) is 22.9 Å². The summed E-state index contributed by atoms with van der Waals surface area (Å²) in [5.41, 5.74) is 27.7. The first-order valence-corrected chi connectivity index (χ1v) is 10.6. The molecule has 4 aromatic carbocycles. The van der Waals surface area contributed by atoms with Crippen LogP contribution in [0.1, 0.15) is 25.0 Å². The average Bonchev–Trinajstić information content (AvgIpc) is 2.81. The van der Waals surface area contributed by atoms with Gasteiger partial charge in [0.15, 0.2) is 11.5 Å². The molecule has 6 heteroatoms. The van der Waals surface area contributed by atoms with E-state index in [0.717, 1.165) is 11.1 Å². The standard InChI is InChI=1S/C27H28N4O2/c1-27(2,17-9-13-19(14-10-17)32-23-7-3-5-21(28)25(23)30)18-11-15-20(16-12-18)33-24-8-4-6-22(29)26(24)31/h3-16H,28-31H2,1-2H3. The Balaban J connectivity index is 1.50. The van der Waals surface area contributed by atoms with Crippen LogP contribution in [0.25, 0.3) is 0 Å². The molecule has 0 saturated carbocycles. The molecular formula is C27H28N4O2. The van der Waals surface area contributed by atoms with Gasteiger partial charge < -0.3 is 32.4 Å². The van der Waals surface area contributed by atoms with E-state index < -0.39 is 0 Å². The van der Waals surface area contributed by atoms with Gasteiger partial charge in [0.2, 0.25) is 0 Å². The molecule has 4 aromatic rings. The second-order valence-corrected chi connectivity index (χ2v) is 8.40. The Labute approximate surface area is 193 Å². The first kappa shape index (κ1) is 21.9. The summed E-state index contributed by atoms with van der Waals surface area (Å²) in [7, 11) is 0. The zero-order valence-corrected chi connectivity index (χ0v) is 18.7. The molecule has 0 radical (unpaired) electrons. The van der Waals surface area contributed by atoms with Crippen molar-refractivity contribution >= 4 is 22.7 Å². The molecule has 0 aliphatic carbocycles. The molecule has 0 aliphatic rings. The van der Waals surface area contributed by atoms with Crippen molar-refractivity contribution < 1.29 is 9.47 Å². The maximum Gasteiger partial charge on any atom is 0.152 e. The summed E-state index contributed by atoms with van der Waals surface area (Å²) in [5, 5.41) is 0. The van der Waals surface area contributed by atoms with Crippen LogP contribution in [0, 0.1) is 0 Å². The zero-order chi connectivity index (χ0) is 23.6. The lowest BCUT2D eigenvalue weighted by Crippen LogP contribution is -2.18. The quantitative estimate of drug-likeness (QED) is 0.276. The molecule has 0 atom stereocenters. The molecule has 0 spiro atoms. The fourth-order valence-electron chi connectivity index (χ4n) is 3.60. The predicted molar refractivity (Wildman–Crippen MR) is 136 cm³/mol. The fraction of sp³-hybridized carbons (Fsp3) is 0.111. The number of ether oxygens (including phenoxy) is 2. The van der Waals surface area contributed by atoms with Crippen LogP contribution in [0.15, 0.2) is 84.9 Å². The van der Waals surface area contributed by atoms with Crippen molar-refractivity contribution in [3.8, 4) is 23.0 Å². The molecule has 0 aromatic heterocycles. The number of nitrogen functional groups attached to an aromatic ring is 4. The molecular weight excluding hydrogens is 412 g/mol. The first-order valence-electron chi connectivity index (χ1n) is 10.6. The van der Waals surface area contributed by atoms with Gasteiger partial charge in [-0.1, -0.05) is 50.2 Å². The second-order valence-electron chi connectivity index (χ2n) is 8.40. The monoisotopic (exact) mass is 440 g/mol. The van der Waals surface area contributed by atoms with Crippen LogP contribution in [0.5, 0.6) is 23.0 Å². The summed E-state index contributed by atoms with van der Waals surface area (Å²) in [6.07, 6.45) is 0. The van der Waals surface area contributed by atoms with E-state index in [1.165, 1.54) is 0 Å². The van der Waals surface area contributed by atoms with E-state index in [1.54, 1.807) is 24.3 Å².